The first kappa shape index (κ1) is 11.3. The van der Waals surface area contributed by atoms with Gasteiger partial charge in [0.05, 0.1) is 0 Å². The molecule has 0 aromatic heterocycles. The highest BCUT2D eigenvalue weighted by atomic mass is 19.1. The van der Waals surface area contributed by atoms with Crippen molar-refractivity contribution in [2.24, 2.45) is 11.8 Å². The van der Waals surface area contributed by atoms with E-state index in [9.17, 15) is 4.39 Å². The van der Waals surface area contributed by atoms with Crippen molar-refractivity contribution in [3.05, 3.63) is 42.2 Å². The first-order valence-electron chi connectivity index (χ1n) is 7.24. The third-order valence-electron chi connectivity index (χ3n) is 4.88. The zero-order valence-corrected chi connectivity index (χ0v) is 11.0. The molecule has 19 heavy (non-hydrogen) atoms. The van der Waals surface area contributed by atoms with Gasteiger partial charge in [-0.15, -0.1) is 0 Å². The first-order valence-corrected chi connectivity index (χ1v) is 7.24. The van der Waals surface area contributed by atoms with Gasteiger partial charge in [-0.3, -0.25) is 0 Å². The van der Waals surface area contributed by atoms with Crippen LogP contribution in [0.25, 0.3) is 10.8 Å². The molecule has 1 aliphatic heterocycles. The Kier molecular flexibility index (Phi) is 2.51. The summed E-state index contributed by atoms with van der Waals surface area (Å²) in [5.74, 6) is 1.66. The van der Waals surface area contributed by atoms with Gasteiger partial charge in [-0.1, -0.05) is 18.6 Å². The molecule has 2 aromatic carbocycles. The molecule has 2 heteroatoms. The second-order valence-electron chi connectivity index (χ2n) is 6.03. The fourth-order valence-electron chi connectivity index (χ4n) is 3.85. The van der Waals surface area contributed by atoms with Crippen molar-refractivity contribution in [3.8, 4) is 0 Å². The van der Waals surface area contributed by atoms with Gasteiger partial charge in [0.15, 0.2) is 0 Å². The lowest BCUT2D eigenvalue weighted by Crippen LogP contribution is -2.20. The van der Waals surface area contributed by atoms with Gasteiger partial charge < -0.3 is 4.90 Å². The maximum atomic E-state index is 13.2. The van der Waals surface area contributed by atoms with Gasteiger partial charge in [-0.25, -0.2) is 4.39 Å². The lowest BCUT2D eigenvalue weighted by molar-refractivity contribution is 0.494. The maximum Gasteiger partial charge on any atom is 0.123 e. The average molecular weight is 255 g/mol. The quantitative estimate of drug-likeness (QED) is 0.737. The topological polar surface area (TPSA) is 3.24 Å². The van der Waals surface area contributed by atoms with Crippen LogP contribution < -0.4 is 4.90 Å². The Morgan fingerprint density at radius 2 is 1.58 bits per heavy atom. The smallest absolute Gasteiger partial charge is 0.123 e. The van der Waals surface area contributed by atoms with E-state index in [0.717, 1.165) is 22.6 Å². The Balaban J connectivity index is 1.66. The van der Waals surface area contributed by atoms with Crippen molar-refractivity contribution < 1.29 is 4.39 Å². The second kappa shape index (κ2) is 4.22. The molecule has 1 saturated heterocycles. The number of hydrogen-bond donors (Lipinski definition) is 0. The summed E-state index contributed by atoms with van der Waals surface area (Å²) in [5, 5.41) is 2.12. The minimum absolute atomic E-state index is 0.157. The van der Waals surface area contributed by atoms with Gasteiger partial charge in [0.25, 0.3) is 0 Å². The third kappa shape index (κ3) is 1.90. The summed E-state index contributed by atoms with van der Waals surface area (Å²) >= 11 is 0. The van der Waals surface area contributed by atoms with Crippen molar-refractivity contribution in [2.45, 2.75) is 19.3 Å². The zero-order valence-electron chi connectivity index (χ0n) is 11.0. The lowest BCUT2D eigenvalue weighted by atomic mass is 10.0. The van der Waals surface area contributed by atoms with E-state index in [-0.39, 0.29) is 5.82 Å². The molecule has 2 atom stereocenters. The molecule has 98 valence electrons. The van der Waals surface area contributed by atoms with Crippen molar-refractivity contribution in [1.82, 2.24) is 0 Å². The van der Waals surface area contributed by atoms with Crippen LogP contribution in [0.3, 0.4) is 0 Å². The molecule has 1 aliphatic carbocycles. The van der Waals surface area contributed by atoms with Crippen LogP contribution in [0.2, 0.25) is 0 Å². The predicted octanol–water partition coefficient (Wildman–Crippen LogP) is 4.22. The fraction of sp³-hybridized carbons (Fsp3) is 0.412. The largest absolute Gasteiger partial charge is 0.371 e. The molecule has 1 heterocycles. The number of anilines is 1. The van der Waals surface area contributed by atoms with Crippen LogP contribution in [0.1, 0.15) is 19.3 Å². The number of rotatable bonds is 1. The SMILES string of the molecule is Fc1ccc2cc(N3CC4CCCC4C3)ccc2c1. The Morgan fingerprint density at radius 3 is 2.37 bits per heavy atom. The minimum Gasteiger partial charge on any atom is -0.371 e. The zero-order chi connectivity index (χ0) is 12.8. The minimum atomic E-state index is -0.157. The Hall–Kier alpha value is -1.57. The van der Waals surface area contributed by atoms with Gasteiger partial charge >= 0.3 is 0 Å². The van der Waals surface area contributed by atoms with Crippen molar-refractivity contribution >= 4 is 16.5 Å². The van der Waals surface area contributed by atoms with Gasteiger partial charge in [0.2, 0.25) is 0 Å². The standard InChI is InChI=1S/C17H18FN/c18-16-6-4-13-9-17(7-5-12(13)8-16)19-10-14-2-1-3-15(14)11-19/h4-9,14-15H,1-3,10-11H2. The lowest BCUT2D eigenvalue weighted by Gasteiger charge is -2.20. The monoisotopic (exact) mass is 255 g/mol. The van der Waals surface area contributed by atoms with E-state index in [4.69, 9.17) is 0 Å². The third-order valence-corrected chi connectivity index (χ3v) is 4.88. The average Bonchev–Trinajstić information content (AvgIpc) is 2.98. The van der Waals surface area contributed by atoms with E-state index in [0.29, 0.717) is 0 Å². The van der Waals surface area contributed by atoms with Crippen LogP contribution in [0, 0.1) is 17.7 Å². The van der Waals surface area contributed by atoms with Crippen molar-refractivity contribution in [1.29, 1.82) is 0 Å². The highest BCUT2D eigenvalue weighted by Gasteiger charge is 2.35. The molecule has 0 N–H and O–H groups in total. The Labute approximate surface area is 113 Å². The van der Waals surface area contributed by atoms with E-state index in [2.05, 4.69) is 17.0 Å². The number of nitrogens with zero attached hydrogens (tertiary/aromatic N) is 1. The maximum absolute atomic E-state index is 13.2. The molecule has 4 rings (SSSR count). The molecule has 2 unspecified atom stereocenters. The summed E-state index contributed by atoms with van der Waals surface area (Å²) in [6, 6.07) is 11.4. The molecule has 0 bridgehead atoms. The normalized spacial score (nSPS) is 26.1. The summed E-state index contributed by atoms with van der Waals surface area (Å²) in [7, 11) is 0. The molecule has 1 saturated carbocycles. The molecule has 1 nitrogen and oxygen atoms in total. The molecule has 0 radical (unpaired) electrons. The molecule has 0 amide bonds. The van der Waals surface area contributed by atoms with E-state index >= 15 is 0 Å². The molecule has 2 aromatic rings. The summed E-state index contributed by atoms with van der Waals surface area (Å²) < 4.78 is 13.2. The van der Waals surface area contributed by atoms with Gasteiger partial charge in [-0.2, -0.15) is 0 Å². The highest BCUT2D eigenvalue weighted by molar-refractivity contribution is 5.86. The number of fused-ring (bicyclic) bond motifs is 2. The van der Waals surface area contributed by atoms with Gasteiger partial charge in [0.1, 0.15) is 5.82 Å². The van der Waals surface area contributed by atoms with Gasteiger partial charge in [-0.05, 0) is 59.7 Å². The van der Waals surface area contributed by atoms with Gasteiger partial charge in [0, 0.05) is 18.8 Å². The molecular weight excluding hydrogens is 237 g/mol. The second-order valence-corrected chi connectivity index (χ2v) is 6.03. The number of hydrogen-bond acceptors (Lipinski definition) is 1. The van der Waals surface area contributed by atoms with Crippen molar-refractivity contribution in [3.63, 3.8) is 0 Å². The van der Waals surface area contributed by atoms with Crippen LogP contribution in [-0.2, 0) is 0 Å². The van der Waals surface area contributed by atoms with E-state index < -0.39 is 0 Å². The van der Waals surface area contributed by atoms with Crippen molar-refractivity contribution in [2.75, 3.05) is 18.0 Å². The van der Waals surface area contributed by atoms with E-state index in [1.54, 1.807) is 12.1 Å². The predicted molar refractivity (Wildman–Crippen MR) is 77.0 cm³/mol. The van der Waals surface area contributed by atoms with Crippen LogP contribution in [-0.4, -0.2) is 13.1 Å². The first-order chi connectivity index (χ1) is 9.29. The summed E-state index contributed by atoms with van der Waals surface area (Å²) in [6.45, 7) is 2.41. The molecule has 0 spiro atoms. The summed E-state index contributed by atoms with van der Waals surface area (Å²) in [6.07, 6.45) is 4.22. The molecule has 2 fully saturated rings. The Bertz CT molecular complexity index is 610. The van der Waals surface area contributed by atoms with Crippen LogP contribution in [0.4, 0.5) is 10.1 Å². The van der Waals surface area contributed by atoms with E-state index in [1.165, 1.54) is 38.0 Å². The summed E-state index contributed by atoms with van der Waals surface area (Å²) in [5.41, 5.74) is 1.30. The summed E-state index contributed by atoms with van der Waals surface area (Å²) in [4.78, 5) is 2.51. The molecule has 2 aliphatic rings. The van der Waals surface area contributed by atoms with E-state index in [1.807, 2.05) is 12.1 Å². The number of halogens is 1. The number of benzene rings is 2. The fourth-order valence-corrected chi connectivity index (χ4v) is 3.85. The Morgan fingerprint density at radius 1 is 0.895 bits per heavy atom. The molecular formula is C17H18FN. The van der Waals surface area contributed by atoms with Crippen LogP contribution >= 0.6 is 0 Å². The highest BCUT2D eigenvalue weighted by Crippen LogP contribution is 2.39. The van der Waals surface area contributed by atoms with Crippen LogP contribution in [0.15, 0.2) is 36.4 Å². The van der Waals surface area contributed by atoms with Crippen LogP contribution in [0.5, 0.6) is 0 Å².